The molecular weight excluding hydrogens is 296 g/mol. The zero-order valence-corrected chi connectivity index (χ0v) is 12.2. The number of aromatic nitrogens is 3. The van der Waals surface area contributed by atoms with Crippen molar-refractivity contribution in [2.24, 2.45) is 7.05 Å². The van der Waals surface area contributed by atoms with Crippen molar-refractivity contribution in [2.45, 2.75) is 23.5 Å². The molecule has 1 aliphatic rings. The number of sulfonamides is 1. The van der Waals surface area contributed by atoms with Crippen LogP contribution in [0.4, 0.5) is 0 Å². The van der Waals surface area contributed by atoms with E-state index in [1.54, 1.807) is 19.2 Å². The third-order valence-electron chi connectivity index (χ3n) is 3.39. The number of aliphatic hydroxyl groups excluding tert-OH is 1. The number of hydrogen-bond donors (Lipinski definition) is 2. The molecule has 0 radical (unpaired) electrons. The van der Waals surface area contributed by atoms with E-state index in [-0.39, 0.29) is 11.5 Å². The predicted octanol–water partition coefficient (Wildman–Crippen LogP) is -0.604. The molecule has 1 fully saturated rings. The Labute approximate surface area is 121 Å². The minimum Gasteiger partial charge on any atom is -0.391 e. The van der Waals surface area contributed by atoms with Gasteiger partial charge in [-0.2, -0.15) is 15.0 Å². The Bertz CT molecular complexity index is 758. The molecule has 0 amide bonds. The third kappa shape index (κ3) is 2.77. The molecular formula is C12H16N4O4S. The van der Waals surface area contributed by atoms with Gasteiger partial charge in [0, 0.05) is 13.7 Å². The number of nitrogens with one attached hydrogen (secondary N) is 1. The Morgan fingerprint density at radius 2 is 2.24 bits per heavy atom. The zero-order valence-electron chi connectivity index (χ0n) is 11.4. The first kappa shape index (κ1) is 14.4. The van der Waals surface area contributed by atoms with E-state index in [9.17, 15) is 13.5 Å². The Kier molecular flexibility index (Phi) is 3.66. The number of benzene rings is 1. The molecule has 0 unspecified atom stereocenters. The van der Waals surface area contributed by atoms with Gasteiger partial charge in [0.15, 0.2) is 0 Å². The Morgan fingerprint density at radius 1 is 1.43 bits per heavy atom. The molecule has 2 aromatic rings. The van der Waals surface area contributed by atoms with E-state index < -0.39 is 22.2 Å². The standard InChI is InChI=1S/C12H16N4O4S/c1-16-13-8-3-2-4-11(12(8)14-16)21(18,19)15-9-7-20-6-5-10(9)17/h2-4,9-10,15,17H,5-7H2,1H3/t9-,10-/m1/s1. The van der Waals surface area contributed by atoms with Crippen molar-refractivity contribution in [1.29, 1.82) is 0 Å². The molecule has 114 valence electrons. The quantitative estimate of drug-likeness (QED) is 0.783. The first-order valence-electron chi connectivity index (χ1n) is 6.55. The lowest BCUT2D eigenvalue weighted by molar-refractivity contribution is -0.00840. The number of nitrogens with zero attached hydrogens (tertiary/aromatic N) is 3. The molecule has 1 aromatic heterocycles. The fourth-order valence-electron chi connectivity index (χ4n) is 2.33. The molecule has 9 heteroatoms. The first-order chi connectivity index (χ1) is 9.97. The number of aryl methyl sites for hydroxylation is 1. The van der Waals surface area contributed by atoms with Crippen molar-refractivity contribution in [3.63, 3.8) is 0 Å². The highest BCUT2D eigenvalue weighted by Gasteiger charge is 2.30. The van der Waals surface area contributed by atoms with Crippen LogP contribution in [-0.2, 0) is 21.8 Å². The molecule has 0 saturated carbocycles. The van der Waals surface area contributed by atoms with Crippen LogP contribution in [0.2, 0.25) is 0 Å². The second-order valence-electron chi connectivity index (χ2n) is 4.97. The van der Waals surface area contributed by atoms with Crippen molar-refractivity contribution in [1.82, 2.24) is 19.7 Å². The molecule has 0 spiro atoms. The molecule has 0 aliphatic carbocycles. The average molecular weight is 312 g/mol. The van der Waals surface area contributed by atoms with Crippen molar-refractivity contribution in [3.05, 3.63) is 18.2 Å². The highest BCUT2D eigenvalue weighted by Crippen LogP contribution is 2.20. The predicted molar refractivity (Wildman–Crippen MR) is 74.1 cm³/mol. The van der Waals surface area contributed by atoms with Gasteiger partial charge in [0.2, 0.25) is 10.0 Å². The number of fused-ring (bicyclic) bond motifs is 1. The van der Waals surface area contributed by atoms with Crippen LogP contribution in [0.1, 0.15) is 6.42 Å². The van der Waals surface area contributed by atoms with Gasteiger partial charge < -0.3 is 9.84 Å². The Morgan fingerprint density at radius 3 is 3.00 bits per heavy atom. The maximum absolute atomic E-state index is 12.5. The summed E-state index contributed by atoms with van der Waals surface area (Å²) in [4.78, 5) is 1.37. The number of aliphatic hydroxyl groups is 1. The van der Waals surface area contributed by atoms with Gasteiger partial charge in [0.25, 0.3) is 0 Å². The maximum Gasteiger partial charge on any atom is 0.243 e. The molecule has 1 aromatic carbocycles. The van der Waals surface area contributed by atoms with E-state index >= 15 is 0 Å². The molecule has 1 saturated heterocycles. The van der Waals surface area contributed by atoms with Crippen molar-refractivity contribution >= 4 is 21.1 Å². The minimum atomic E-state index is -3.81. The monoisotopic (exact) mass is 312 g/mol. The third-order valence-corrected chi connectivity index (χ3v) is 4.91. The largest absolute Gasteiger partial charge is 0.391 e. The van der Waals surface area contributed by atoms with E-state index in [1.807, 2.05) is 0 Å². The van der Waals surface area contributed by atoms with E-state index in [0.717, 1.165) is 0 Å². The van der Waals surface area contributed by atoms with Crippen molar-refractivity contribution in [2.75, 3.05) is 13.2 Å². The first-order valence-corrected chi connectivity index (χ1v) is 8.04. The zero-order chi connectivity index (χ0) is 15.0. The number of hydrogen-bond acceptors (Lipinski definition) is 6. The molecule has 1 aliphatic heterocycles. The van der Waals surface area contributed by atoms with Gasteiger partial charge in [-0.25, -0.2) is 13.1 Å². The SMILES string of the molecule is Cn1nc2cccc(S(=O)(=O)N[C@@H]3COCC[C@H]3O)c2n1. The van der Waals surface area contributed by atoms with Gasteiger partial charge in [-0.05, 0) is 18.6 Å². The Hall–Kier alpha value is -1.55. The van der Waals surface area contributed by atoms with Crippen LogP contribution in [0, 0.1) is 0 Å². The summed E-state index contributed by atoms with van der Waals surface area (Å²) in [5.74, 6) is 0. The van der Waals surface area contributed by atoms with Gasteiger partial charge in [-0.3, -0.25) is 0 Å². The second kappa shape index (κ2) is 5.34. The second-order valence-corrected chi connectivity index (χ2v) is 6.65. The van der Waals surface area contributed by atoms with Gasteiger partial charge in [0.1, 0.15) is 15.9 Å². The fraction of sp³-hybridized carbons (Fsp3) is 0.500. The van der Waals surface area contributed by atoms with Crippen molar-refractivity contribution in [3.8, 4) is 0 Å². The smallest absolute Gasteiger partial charge is 0.243 e. The minimum absolute atomic E-state index is 0.0471. The van der Waals surface area contributed by atoms with E-state index in [0.29, 0.717) is 24.1 Å². The van der Waals surface area contributed by atoms with E-state index in [2.05, 4.69) is 14.9 Å². The summed E-state index contributed by atoms with van der Waals surface area (Å²) in [6.07, 6.45) is -0.350. The average Bonchev–Trinajstić information content (AvgIpc) is 2.81. The molecule has 2 N–H and O–H groups in total. The summed E-state index contributed by atoms with van der Waals surface area (Å²) >= 11 is 0. The summed E-state index contributed by atoms with van der Waals surface area (Å²) in [5.41, 5.74) is 0.805. The van der Waals surface area contributed by atoms with Crippen LogP contribution in [0.5, 0.6) is 0 Å². The van der Waals surface area contributed by atoms with E-state index in [4.69, 9.17) is 4.74 Å². The fourth-order valence-corrected chi connectivity index (χ4v) is 3.74. The summed E-state index contributed by atoms with van der Waals surface area (Å²) in [6, 6.07) is 4.12. The van der Waals surface area contributed by atoms with Crippen LogP contribution < -0.4 is 4.72 Å². The van der Waals surface area contributed by atoms with Crippen LogP contribution in [0.3, 0.4) is 0 Å². The normalized spacial score (nSPS) is 23.5. The van der Waals surface area contributed by atoms with Gasteiger partial charge in [-0.1, -0.05) is 6.07 Å². The molecule has 8 nitrogen and oxygen atoms in total. The lowest BCUT2D eigenvalue weighted by Gasteiger charge is -2.28. The Balaban J connectivity index is 1.96. The molecule has 21 heavy (non-hydrogen) atoms. The highest BCUT2D eigenvalue weighted by atomic mass is 32.2. The number of rotatable bonds is 3. The van der Waals surface area contributed by atoms with E-state index in [1.165, 1.54) is 10.9 Å². The number of ether oxygens (including phenoxy) is 1. The topological polar surface area (TPSA) is 106 Å². The summed E-state index contributed by atoms with van der Waals surface area (Å²) in [7, 11) is -2.18. The lowest BCUT2D eigenvalue weighted by Crippen LogP contribution is -2.49. The lowest BCUT2D eigenvalue weighted by atomic mass is 10.1. The van der Waals surface area contributed by atoms with Crippen LogP contribution in [-0.4, -0.2) is 53.9 Å². The van der Waals surface area contributed by atoms with Crippen LogP contribution in [0.15, 0.2) is 23.1 Å². The van der Waals surface area contributed by atoms with Gasteiger partial charge in [0.05, 0.1) is 18.8 Å². The molecule has 2 heterocycles. The van der Waals surface area contributed by atoms with Gasteiger partial charge in [-0.15, -0.1) is 0 Å². The summed E-state index contributed by atoms with van der Waals surface area (Å²) in [5, 5.41) is 18.0. The van der Waals surface area contributed by atoms with Crippen LogP contribution in [0.25, 0.3) is 11.0 Å². The van der Waals surface area contributed by atoms with Gasteiger partial charge >= 0.3 is 0 Å². The summed E-state index contributed by atoms with van der Waals surface area (Å²) < 4.78 is 32.7. The summed E-state index contributed by atoms with van der Waals surface area (Å²) in [6.45, 7) is 0.579. The highest BCUT2D eigenvalue weighted by molar-refractivity contribution is 7.89. The maximum atomic E-state index is 12.5. The molecule has 0 bridgehead atoms. The van der Waals surface area contributed by atoms with Crippen molar-refractivity contribution < 1.29 is 18.3 Å². The van der Waals surface area contributed by atoms with Crippen LogP contribution >= 0.6 is 0 Å². The molecule has 3 rings (SSSR count). The molecule has 2 atom stereocenters.